The second kappa shape index (κ2) is 40.4. The first-order valence-electron chi connectivity index (χ1n) is 37.4. The van der Waals surface area contributed by atoms with Crippen molar-refractivity contribution in [2.24, 2.45) is 0 Å². The van der Waals surface area contributed by atoms with Gasteiger partial charge in [-0.2, -0.15) is 4.86 Å². The molecule has 4 aromatic rings. The Kier molecular flexibility index (Phi) is 35.3. The highest BCUT2D eigenvalue weighted by molar-refractivity contribution is 7.96. The van der Waals surface area contributed by atoms with E-state index in [1.807, 2.05) is 0 Å². The topological polar surface area (TPSA) is 12.0 Å². The molecule has 1 aliphatic carbocycles. The van der Waals surface area contributed by atoms with E-state index in [0.29, 0.717) is 5.66 Å². The van der Waals surface area contributed by atoms with Gasteiger partial charge in [-0.3, -0.25) is 0 Å². The van der Waals surface area contributed by atoms with Crippen LogP contribution in [0.4, 0.5) is 0 Å². The Morgan fingerprint density at radius 3 is 0.812 bits per heavy atom. The zero-order valence-electron chi connectivity index (χ0n) is 58.2. The Hall–Kier alpha value is -1.43. The van der Waals surface area contributed by atoms with Gasteiger partial charge in [-0.15, -0.1) is 0 Å². The van der Waals surface area contributed by atoms with Crippen LogP contribution in [0, 0.1) is 0 Å². The van der Waals surface area contributed by atoms with Crippen molar-refractivity contribution in [3.8, 4) is 0 Å². The van der Waals surface area contributed by atoms with Crippen molar-refractivity contribution in [2.45, 2.75) is 347 Å². The van der Waals surface area contributed by atoms with Gasteiger partial charge < -0.3 is 0 Å². The predicted molar refractivity (Wildman–Crippen MR) is 406 cm³/mol. The van der Waals surface area contributed by atoms with Crippen LogP contribution in [0.3, 0.4) is 0 Å². The third kappa shape index (κ3) is 20.5. The van der Waals surface area contributed by atoms with Crippen molar-refractivity contribution < 1.29 is 0 Å². The Morgan fingerprint density at radius 1 is 0.318 bits per heavy atom. The van der Waals surface area contributed by atoms with Crippen LogP contribution in [0.2, 0.25) is 72.5 Å². The highest BCUT2D eigenvalue weighted by atomic mass is 31.2. The molecule has 1 fully saturated rings. The summed E-state index contributed by atoms with van der Waals surface area (Å²) in [6.45, 7) is 29.4. The Morgan fingerprint density at radius 2 is 0.565 bits per heavy atom. The van der Waals surface area contributed by atoms with Crippen LogP contribution < -0.4 is 46.8 Å². The van der Waals surface area contributed by atoms with Crippen LogP contribution in [0.25, 0.3) is 0 Å². The molecule has 0 radical (unpaired) electrons. The zero-order chi connectivity index (χ0) is 61.3. The van der Waals surface area contributed by atoms with Gasteiger partial charge in [0.25, 0.3) is 0 Å². The number of benzene rings is 4. The Labute approximate surface area is 535 Å². The lowest BCUT2D eigenvalue weighted by Gasteiger charge is -2.40. The lowest BCUT2D eigenvalue weighted by atomic mass is 10.0. The molecule has 4 aromatic carbocycles. The van der Waals surface area contributed by atoms with Crippen LogP contribution in [-0.2, 0) is 0 Å². The molecule has 0 heterocycles. The summed E-state index contributed by atoms with van der Waals surface area (Å²) in [4.78, 5) is 5.27. The molecule has 478 valence electrons. The van der Waals surface area contributed by atoms with E-state index in [2.05, 4.69) is 180 Å². The molecule has 5 rings (SSSR count). The summed E-state index contributed by atoms with van der Waals surface area (Å²) in [5.41, 5.74) is 0.609. The van der Waals surface area contributed by atoms with E-state index >= 15 is 0 Å². The Balaban J connectivity index is 1.98. The molecule has 1 saturated carbocycles. The van der Waals surface area contributed by atoms with Gasteiger partial charge in [0, 0.05) is 0 Å². The van der Waals surface area contributed by atoms with Crippen LogP contribution in [0.1, 0.15) is 269 Å². The van der Waals surface area contributed by atoms with Gasteiger partial charge in [-0.25, -0.2) is 0 Å². The first-order chi connectivity index (χ1) is 41.5. The summed E-state index contributed by atoms with van der Waals surface area (Å²) in [5, 5.41) is 13.7. The van der Waals surface area contributed by atoms with Crippen LogP contribution in [0.5, 0.6) is 0 Å². The third-order valence-corrected chi connectivity index (χ3v) is 51.1. The summed E-state index contributed by atoms with van der Waals surface area (Å²) in [7, 11) is -10.4. The van der Waals surface area contributed by atoms with E-state index in [1.54, 1.807) is 42.0 Å². The largest absolute Gasteiger partial charge is 0.154 e. The molecule has 0 unspecified atom stereocenters. The van der Waals surface area contributed by atoms with E-state index in [9.17, 15) is 0 Å². The van der Waals surface area contributed by atoms with Gasteiger partial charge in [0.05, 0.1) is 46.0 Å². The van der Waals surface area contributed by atoms with E-state index in [4.69, 9.17) is 4.86 Å². The van der Waals surface area contributed by atoms with E-state index in [1.165, 1.54) is 259 Å². The summed E-state index contributed by atoms with van der Waals surface area (Å²) in [6.07, 6.45) is 39.0. The van der Waals surface area contributed by atoms with Crippen molar-refractivity contribution in [1.82, 2.24) is 4.86 Å². The van der Waals surface area contributed by atoms with Gasteiger partial charge in [0.1, 0.15) is 10.6 Å². The van der Waals surface area contributed by atoms with Crippen LogP contribution >= 0.6 is 15.5 Å². The average Bonchev–Trinajstić information content (AvgIpc) is 1.50. The maximum absolute atomic E-state index is 5.27. The van der Waals surface area contributed by atoms with Crippen molar-refractivity contribution in [3.05, 3.63) is 97.1 Å². The van der Waals surface area contributed by atoms with E-state index in [-0.39, 0.29) is 0 Å². The second-order valence-corrected chi connectivity index (χ2v) is 52.3. The van der Waals surface area contributed by atoms with Gasteiger partial charge in [-0.1, -0.05) is 410 Å². The minimum Gasteiger partial charge on any atom is -0.154 e. The molecule has 0 aromatic heterocycles. The molecule has 0 atom stereocenters. The quantitative estimate of drug-likeness (QED) is 0.0343. The molecule has 0 bridgehead atoms. The summed E-state index contributed by atoms with van der Waals surface area (Å²) in [6, 6.07) is 61.7. The minimum absolute atomic E-state index is 0.609. The summed E-state index contributed by atoms with van der Waals surface area (Å²) >= 11 is 0. The highest BCUT2D eigenvalue weighted by Crippen LogP contribution is 2.65. The molecule has 0 spiro atoms. The summed E-state index contributed by atoms with van der Waals surface area (Å²) in [5.74, 6) is 0. The number of rotatable bonds is 47. The fourth-order valence-electron chi connectivity index (χ4n) is 16.1. The number of hydrogen-bond acceptors (Lipinski definition) is 1. The highest BCUT2D eigenvalue weighted by Gasteiger charge is 2.54. The molecule has 1 aliphatic rings. The van der Waals surface area contributed by atoms with E-state index in [0.717, 1.165) is 0 Å². The maximum atomic E-state index is 5.27. The maximum Gasteiger partial charge on any atom is 0.153 e. The molecular formula is C78H136NP2Si4+. The SMILES string of the molecule is CCCC[Si](CCCC)(CCCC)c1ccc([P+](NP(c2cccc([Si](CCCC)(CCCC)CCCC)c2)c2cccc([Si](CCCC)(CCCC)CCCC)c2)(c2ccc([Si](CCCC)(CCCC)CCCC)cc2)C2CCCCC2)cc1. The normalized spacial score (nSPS) is 14.0. The lowest BCUT2D eigenvalue weighted by Crippen LogP contribution is -2.50. The fourth-order valence-corrected chi connectivity index (χ4v) is 47.4. The van der Waals surface area contributed by atoms with Gasteiger partial charge in [-0.05, 0) is 60.6 Å². The molecule has 85 heavy (non-hydrogen) atoms. The number of nitrogens with one attached hydrogen (secondary N) is 1. The molecular weight excluding hydrogens is 1130 g/mol. The number of unbranched alkanes of at least 4 members (excludes halogenated alkanes) is 12. The predicted octanol–water partition coefficient (Wildman–Crippen LogP) is 22.8. The van der Waals surface area contributed by atoms with E-state index < -0.39 is 47.8 Å². The van der Waals surface area contributed by atoms with Crippen molar-refractivity contribution in [1.29, 1.82) is 0 Å². The van der Waals surface area contributed by atoms with Gasteiger partial charge in [0.15, 0.2) is 7.41 Å². The average molecular weight is 1260 g/mol. The second-order valence-electron chi connectivity index (χ2n) is 28.0. The first kappa shape index (κ1) is 74.3. The molecule has 0 saturated heterocycles. The minimum atomic E-state index is -2.32. The fraction of sp³-hybridized carbons (Fsp3) is 0.692. The summed E-state index contributed by atoms with van der Waals surface area (Å²) < 4.78 is 0. The lowest BCUT2D eigenvalue weighted by molar-refractivity contribution is 0.509. The molecule has 1 nitrogen and oxygen atoms in total. The van der Waals surface area contributed by atoms with Crippen molar-refractivity contribution in [2.75, 3.05) is 0 Å². The monoisotopic (exact) mass is 1260 g/mol. The first-order valence-corrected chi connectivity index (χ1v) is 51.1. The zero-order valence-corrected chi connectivity index (χ0v) is 64.0. The third-order valence-electron chi connectivity index (χ3n) is 21.7. The molecule has 1 N–H and O–H groups in total. The molecule has 0 amide bonds. The number of hydrogen-bond donors (Lipinski definition) is 1. The van der Waals surface area contributed by atoms with Gasteiger partial charge >= 0.3 is 0 Å². The standard InChI is InChI=1S/C78H136NP2Si4/c1-13-25-56-82(57-26-14-2,58-27-15-3)75-52-48-73(49-53-75)81(72-44-38-37-39-45-72,74-50-54-76(55-51-74)83(59-28-16-4,60-29-17-5)61-30-18-6)79-80(70-42-40-46-77(68-70)84(62-31-19-7,63-32-20-8)64-33-21-9)71-43-41-47-78(69-71)85(65-34-22-10,66-35-23-11)67-36-24-12/h40-43,46-55,68-69,72,79H,13-39,44-45,56-67H2,1-12H3/q+1. The van der Waals surface area contributed by atoms with Gasteiger partial charge in [0.2, 0.25) is 0 Å². The molecule has 0 aliphatic heterocycles. The van der Waals surface area contributed by atoms with Crippen LogP contribution in [-0.4, -0.2) is 38.0 Å². The smallest absolute Gasteiger partial charge is 0.153 e. The Bertz CT molecular complexity index is 2120. The molecule has 7 heteroatoms. The van der Waals surface area contributed by atoms with Crippen molar-refractivity contribution >= 4 is 89.7 Å². The van der Waals surface area contributed by atoms with Crippen LogP contribution in [0.15, 0.2) is 97.1 Å². The van der Waals surface area contributed by atoms with Crippen molar-refractivity contribution in [3.63, 3.8) is 0 Å².